The highest BCUT2D eigenvalue weighted by Gasteiger charge is 2.24. The summed E-state index contributed by atoms with van der Waals surface area (Å²) in [5, 5.41) is 1.16. The number of amides is 2. The molecule has 0 saturated carbocycles. The van der Waals surface area contributed by atoms with Gasteiger partial charge in [-0.1, -0.05) is 30.0 Å². The van der Waals surface area contributed by atoms with Crippen molar-refractivity contribution >= 4 is 45.1 Å². The fraction of sp³-hybridized carbons (Fsp3) is 0.263. The Balaban J connectivity index is 1.75. The molecule has 1 aromatic carbocycles. The summed E-state index contributed by atoms with van der Waals surface area (Å²) in [6.45, 7) is 1.31. The third-order valence-corrected chi connectivity index (χ3v) is 6.56. The monoisotopic (exact) mass is 414 g/mol. The number of fused-ring (bicyclic) bond motifs is 3. The molecule has 2 heterocycles. The van der Waals surface area contributed by atoms with Gasteiger partial charge in [-0.2, -0.15) is 0 Å². The molecule has 2 amide bonds. The third kappa shape index (κ3) is 3.55. The van der Waals surface area contributed by atoms with E-state index in [0.29, 0.717) is 16.2 Å². The first kappa shape index (κ1) is 18.7. The van der Waals surface area contributed by atoms with Crippen molar-refractivity contribution in [1.82, 2.24) is 20.4 Å². The molecule has 0 radical (unpaired) electrons. The number of carbonyl (C=O) groups is 2. The number of hydrogen-bond donors (Lipinski definition) is 2. The molecule has 0 fully saturated rings. The number of thiophene rings is 1. The lowest BCUT2D eigenvalue weighted by Crippen LogP contribution is -2.41. The fourth-order valence-corrected chi connectivity index (χ4v) is 5.37. The summed E-state index contributed by atoms with van der Waals surface area (Å²) in [6.07, 6.45) is 2.97. The van der Waals surface area contributed by atoms with Gasteiger partial charge in [0.2, 0.25) is 11.8 Å². The van der Waals surface area contributed by atoms with Crippen LogP contribution in [-0.2, 0) is 22.4 Å². The molecule has 28 heavy (non-hydrogen) atoms. The van der Waals surface area contributed by atoms with E-state index >= 15 is 0 Å². The van der Waals surface area contributed by atoms with Gasteiger partial charge in [-0.3, -0.25) is 29.8 Å². The van der Waals surface area contributed by atoms with Crippen LogP contribution in [0, 0.1) is 0 Å². The molecule has 0 spiro atoms. The van der Waals surface area contributed by atoms with Crippen molar-refractivity contribution in [3.05, 3.63) is 51.1 Å². The zero-order chi connectivity index (χ0) is 19.7. The predicted octanol–water partition coefficient (Wildman–Crippen LogP) is 2.20. The molecule has 0 bridgehead atoms. The topological polar surface area (TPSA) is 93.1 Å². The SMILES string of the molecule is CC(=O)NNC(=O)CSc1nc2sc3c(c2c(=O)n1-c1ccccc1)CCC3. The largest absolute Gasteiger partial charge is 0.274 e. The van der Waals surface area contributed by atoms with Crippen LogP contribution in [0.5, 0.6) is 0 Å². The van der Waals surface area contributed by atoms with Gasteiger partial charge in [0.15, 0.2) is 5.16 Å². The minimum atomic E-state index is -0.372. The summed E-state index contributed by atoms with van der Waals surface area (Å²) in [7, 11) is 0. The number of nitrogens with zero attached hydrogens (tertiary/aromatic N) is 2. The Kier molecular flexibility index (Phi) is 5.19. The first-order chi connectivity index (χ1) is 13.5. The van der Waals surface area contributed by atoms with E-state index in [1.54, 1.807) is 15.9 Å². The van der Waals surface area contributed by atoms with Crippen molar-refractivity contribution in [2.45, 2.75) is 31.3 Å². The van der Waals surface area contributed by atoms with Crippen LogP contribution in [-0.4, -0.2) is 27.1 Å². The highest BCUT2D eigenvalue weighted by Crippen LogP contribution is 2.36. The number of benzene rings is 1. The zero-order valence-electron chi connectivity index (χ0n) is 15.2. The molecular formula is C19H18N4O3S2. The van der Waals surface area contributed by atoms with Gasteiger partial charge >= 0.3 is 0 Å². The van der Waals surface area contributed by atoms with Crippen LogP contribution in [0.25, 0.3) is 15.9 Å². The van der Waals surface area contributed by atoms with E-state index in [2.05, 4.69) is 10.9 Å². The molecule has 0 aliphatic heterocycles. The van der Waals surface area contributed by atoms with E-state index in [-0.39, 0.29) is 23.1 Å². The second kappa shape index (κ2) is 7.76. The molecule has 3 aromatic rings. The van der Waals surface area contributed by atoms with E-state index in [1.807, 2.05) is 30.3 Å². The third-order valence-electron chi connectivity index (χ3n) is 4.43. The summed E-state index contributed by atoms with van der Waals surface area (Å²) in [5.74, 6) is -0.703. The van der Waals surface area contributed by atoms with Gasteiger partial charge in [0.1, 0.15) is 4.83 Å². The van der Waals surface area contributed by atoms with Gasteiger partial charge in [0, 0.05) is 11.8 Å². The van der Waals surface area contributed by atoms with Crippen LogP contribution >= 0.6 is 23.1 Å². The Morgan fingerprint density at radius 1 is 1.21 bits per heavy atom. The molecular weight excluding hydrogens is 396 g/mol. The van der Waals surface area contributed by atoms with E-state index < -0.39 is 0 Å². The molecule has 4 rings (SSSR count). The van der Waals surface area contributed by atoms with E-state index in [0.717, 1.165) is 29.7 Å². The van der Waals surface area contributed by atoms with Crippen molar-refractivity contribution in [3.8, 4) is 5.69 Å². The summed E-state index contributed by atoms with van der Waals surface area (Å²) in [4.78, 5) is 43.0. The average Bonchev–Trinajstić information content (AvgIpc) is 3.26. The lowest BCUT2D eigenvalue weighted by molar-refractivity contribution is -0.126. The van der Waals surface area contributed by atoms with Gasteiger partial charge in [0.05, 0.1) is 16.8 Å². The average molecular weight is 415 g/mol. The van der Waals surface area contributed by atoms with Crippen molar-refractivity contribution in [2.24, 2.45) is 0 Å². The summed E-state index contributed by atoms with van der Waals surface area (Å²) >= 11 is 2.74. The summed E-state index contributed by atoms with van der Waals surface area (Å²) in [5.41, 5.74) is 6.32. The molecule has 7 nitrogen and oxygen atoms in total. The number of hydrazine groups is 1. The minimum absolute atomic E-state index is 0.0240. The second-order valence-corrected chi connectivity index (χ2v) is 8.45. The zero-order valence-corrected chi connectivity index (χ0v) is 16.8. The molecule has 2 N–H and O–H groups in total. The Bertz CT molecular complexity index is 1120. The number of carbonyl (C=O) groups excluding carboxylic acids is 2. The lowest BCUT2D eigenvalue weighted by atomic mass is 10.2. The molecule has 1 aliphatic carbocycles. The number of aryl methyl sites for hydroxylation is 2. The van der Waals surface area contributed by atoms with Crippen LogP contribution in [0.3, 0.4) is 0 Å². The van der Waals surface area contributed by atoms with Crippen molar-refractivity contribution in [1.29, 1.82) is 0 Å². The highest BCUT2D eigenvalue weighted by atomic mass is 32.2. The minimum Gasteiger partial charge on any atom is -0.274 e. The maximum Gasteiger partial charge on any atom is 0.267 e. The van der Waals surface area contributed by atoms with E-state index in [1.165, 1.54) is 23.6 Å². The van der Waals surface area contributed by atoms with Gasteiger partial charge < -0.3 is 0 Å². The standard InChI is InChI=1S/C19H18N4O3S2/c1-11(24)21-22-15(25)10-27-19-20-17-16(13-8-5-9-14(13)28-17)18(26)23(19)12-6-3-2-4-7-12/h2-4,6-7H,5,8-10H2,1H3,(H,21,24)(H,22,25). The molecule has 1 aliphatic rings. The number of hydrogen-bond acceptors (Lipinski definition) is 6. The fourth-order valence-electron chi connectivity index (χ4n) is 3.25. The van der Waals surface area contributed by atoms with Crippen LogP contribution in [0.15, 0.2) is 40.3 Å². The molecule has 0 atom stereocenters. The molecule has 0 saturated heterocycles. The summed E-state index contributed by atoms with van der Waals surface area (Å²) < 4.78 is 1.57. The first-order valence-corrected chi connectivity index (χ1v) is 10.7. The smallest absolute Gasteiger partial charge is 0.267 e. The quantitative estimate of drug-likeness (QED) is 0.388. The van der Waals surface area contributed by atoms with Crippen LogP contribution in [0.2, 0.25) is 0 Å². The van der Waals surface area contributed by atoms with Crippen LogP contribution in [0.1, 0.15) is 23.8 Å². The Morgan fingerprint density at radius 2 is 2.00 bits per heavy atom. The Morgan fingerprint density at radius 3 is 2.75 bits per heavy atom. The molecule has 9 heteroatoms. The van der Waals surface area contributed by atoms with E-state index in [9.17, 15) is 14.4 Å². The van der Waals surface area contributed by atoms with Crippen molar-refractivity contribution in [2.75, 3.05) is 5.75 Å². The van der Waals surface area contributed by atoms with Gasteiger partial charge in [-0.05, 0) is 37.0 Å². The number of thioether (sulfide) groups is 1. The highest BCUT2D eigenvalue weighted by molar-refractivity contribution is 7.99. The number of para-hydroxylation sites is 1. The molecule has 0 unspecified atom stereocenters. The van der Waals surface area contributed by atoms with E-state index in [4.69, 9.17) is 4.98 Å². The Labute approximate surface area is 169 Å². The maximum absolute atomic E-state index is 13.4. The predicted molar refractivity (Wildman–Crippen MR) is 110 cm³/mol. The van der Waals surface area contributed by atoms with Gasteiger partial charge in [-0.15, -0.1) is 11.3 Å². The maximum atomic E-state index is 13.4. The van der Waals surface area contributed by atoms with Crippen LogP contribution < -0.4 is 16.4 Å². The summed E-state index contributed by atoms with van der Waals surface area (Å²) in [6, 6.07) is 9.31. The number of aromatic nitrogens is 2. The van der Waals surface area contributed by atoms with Crippen molar-refractivity contribution < 1.29 is 9.59 Å². The Hall–Kier alpha value is -2.65. The van der Waals surface area contributed by atoms with Gasteiger partial charge in [-0.25, -0.2) is 4.98 Å². The number of nitrogens with one attached hydrogen (secondary N) is 2. The normalized spacial score (nSPS) is 12.8. The first-order valence-electron chi connectivity index (χ1n) is 8.85. The molecule has 2 aromatic heterocycles. The van der Waals surface area contributed by atoms with Gasteiger partial charge in [0.25, 0.3) is 5.56 Å². The van der Waals surface area contributed by atoms with Crippen molar-refractivity contribution in [3.63, 3.8) is 0 Å². The lowest BCUT2D eigenvalue weighted by Gasteiger charge is -2.12. The van der Waals surface area contributed by atoms with Crippen LogP contribution in [0.4, 0.5) is 0 Å². The second-order valence-electron chi connectivity index (χ2n) is 6.43. The molecule has 144 valence electrons. The number of rotatable bonds is 4.